The van der Waals surface area contributed by atoms with Crippen LogP contribution in [0.2, 0.25) is 0 Å². The van der Waals surface area contributed by atoms with Gasteiger partial charge in [0.25, 0.3) is 20.2 Å². The zero-order valence-electron chi connectivity index (χ0n) is 29.7. The van der Waals surface area contributed by atoms with Gasteiger partial charge in [0, 0.05) is 17.1 Å². The number of methoxy groups -OCH3 is 1. The topological polar surface area (TPSA) is 308 Å². The number of benzene rings is 5. The van der Waals surface area contributed by atoms with E-state index < -0.39 is 43.6 Å². The molecule has 0 unspecified atom stereocenters. The van der Waals surface area contributed by atoms with Gasteiger partial charge in [-0.1, -0.05) is 6.07 Å². The van der Waals surface area contributed by atoms with Crippen LogP contribution in [0.1, 0.15) is 11.1 Å². The fourth-order valence-electron chi connectivity index (χ4n) is 5.37. The zero-order chi connectivity index (χ0) is 41.3. The number of aromatic hydroxyl groups is 1. The van der Waals surface area contributed by atoms with Crippen LogP contribution in [0.4, 0.5) is 46.0 Å². The molecule has 0 saturated heterocycles. The van der Waals surface area contributed by atoms with Crippen LogP contribution in [0.15, 0.2) is 115 Å². The number of rotatable bonds is 12. The predicted octanol–water partition coefficient (Wildman–Crippen LogP) is 6.97. The first kappa shape index (κ1) is 40.4. The minimum Gasteiger partial charge on any atom is -0.494 e. The van der Waals surface area contributed by atoms with Gasteiger partial charge in [-0.15, -0.1) is 0 Å². The van der Waals surface area contributed by atoms with Crippen molar-refractivity contribution in [3.63, 3.8) is 0 Å². The van der Waals surface area contributed by atoms with E-state index in [4.69, 9.17) is 4.74 Å². The summed E-state index contributed by atoms with van der Waals surface area (Å²) in [7, 11) is -12.7. The molecule has 0 radical (unpaired) electrons. The van der Waals surface area contributed by atoms with Crippen LogP contribution >= 0.6 is 7.60 Å². The van der Waals surface area contributed by atoms with Gasteiger partial charge in [0.2, 0.25) is 11.9 Å². The average Bonchev–Trinajstić information content (AvgIpc) is 3.12. The predicted molar refractivity (Wildman–Crippen MR) is 207 cm³/mol. The summed E-state index contributed by atoms with van der Waals surface area (Å²) in [5.41, 5.74) is 3.10. The van der Waals surface area contributed by atoms with Crippen molar-refractivity contribution >= 4 is 89.9 Å². The highest BCUT2D eigenvalue weighted by Crippen LogP contribution is 2.37. The Kier molecular flexibility index (Phi) is 11.1. The van der Waals surface area contributed by atoms with E-state index >= 15 is 0 Å². The lowest BCUT2D eigenvalue weighted by Gasteiger charge is -2.12. The van der Waals surface area contributed by atoms with Gasteiger partial charge in [0.15, 0.2) is 0 Å². The number of aromatic nitrogens is 3. The molecule has 6 aromatic rings. The van der Waals surface area contributed by atoms with E-state index in [2.05, 4.69) is 46.0 Å². The van der Waals surface area contributed by atoms with Gasteiger partial charge in [-0.2, -0.15) is 52.2 Å². The van der Waals surface area contributed by atoms with E-state index in [1.165, 1.54) is 43.5 Å². The summed E-state index contributed by atoms with van der Waals surface area (Å²) >= 11 is 0. The number of nitrogens with zero attached hydrogens (tertiary/aromatic N) is 7. The standard InChI is InChI=1S/C34H30N9O11PS2/c1-18-11-23(14-27-26(18)16-25(56(48,49)50)17-31(27)57(51,52)53)42-43-28-9-7-20(12-19(28)2)35-32-37-33(39-34(44)38-32)36-29-10-8-22(15-30(29)54-3)41-40-21-5-4-6-24(13-21)55(45,46)47/h4-17H,1-3H3,(H2,45,46,47)(H,48,49,50)(H,51,52,53)(H3,35,36,37,38,39,44)/b41-40+,43-42+. The van der Waals surface area contributed by atoms with Crippen molar-refractivity contribution in [1.82, 2.24) is 15.0 Å². The highest BCUT2D eigenvalue weighted by atomic mass is 32.2. The first-order chi connectivity index (χ1) is 26.8. The molecule has 0 aliphatic heterocycles. The van der Waals surface area contributed by atoms with Crippen LogP contribution in [0, 0.1) is 13.8 Å². The molecule has 0 aliphatic carbocycles. The van der Waals surface area contributed by atoms with Gasteiger partial charge in [-0.05, 0) is 103 Å². The van der Waals surface area contributed by atoms with E-state index in [1.807, 2.05) is 0 Å². The largest absolute Gasteiger partial charge is 0.494 e. The molecule has 20 nitrogen and oxygen atoms in total. The second-order valence-corrected chi connectivity index (χ2v) is 16.5. The Hall–Kier alpha value is -6.26. The van der Waals surface area contributed by atoms with E-state index in [9.17, 15) is 45.4 Å². The van der Waals surface area contributed by atoms with E-state index in [1.54, 1.807) is 50.2 Å². The Morgan fingerprint density at radius 3 is 2.02 bits per heavy atom. The number of fused-ring (bicyclic) bond motifs is 1. The molecule has 0 spiro atoms. The lowest BCUT2D eigenvalue weighted by atomic mass is 10.0. The van der Waals surface area contributed by atoms with Crippen molar-refractivity contribution < 1.29 is 50.1 Å². The molecular formula is C34H30N9O11PS2. The quantitative estimate of drug-likeness (QED) is 0.0372. The monoisotopic (exact) mass is 835 g/mol. The SMILES string of the molecule is COc1cc(/N=N/c2cccc(P(=O)(O)O)c2)ccc1Nc1nc(O)nc(Nc2ccc(/N=N/c3cc(C)c4cc(S(=O)(=O)O)cc(S(=O)(=O)O)c4c3)c(C)c2)n1. The van der Waals surface area contributed by atoms with Crippen molar-refractivity contribution in [2.24, 2.45) is 20.5 Å². The molecular weight excluding hydrogens is 806 g/mol. The molecule has 0 aliphatic rings. The maximum absolute atomic E-state index is 12.1. The number of ether oxygens (including phenoxy) is 1. The van der Waals surface area contributed by atoms with Crippen LogP contribution in [0.5, 0.6) is 11.8 Å². The smallest absolute Gasteiger partial charge is 0.356 e. The molecule has 294 valence electrons. The Balaban J connectivity index is 1.19. The van der Waals surface area contributed by atoms with E-state index in [-0.39, 0.29) is 39.3 Å². The van der Waals surface area contributed by atoms with Gasteiger partial charge < -0.3 is 30.3 Å². The van der Waals surface area contributed by atoms with E-state index in [0.29, 0.717) is 45.7 Å². The summed E-state index contributed by atoms with van der Waals surface area (Å²) in [6.45, 7) is 3.31. The molecule has 1 aromatic heterocycles. The van der Waals surface area contributed by atoms with Crippen LogP contribution in [-0.2, 0) is 24.8 Å². The molecule has 23 heteroatoms. The molecule has 57 heavy (non-hydrogen) atoms. The van der Waals surface area contributed by atoms with Crippen molar-refractivity contribution in [3.8, 4) is 11.8 Å². The molecule has 0 saturated carbocycles. The average molecular weight is 836 g/mol. The summed E-state index contributed by atoms with van der Waals surface area (Å²) < 4.78 is 84.1. The second kappa shape index (κ2) is 15.7. The lowest BCUT2D eigenvalue weighted by molar-refractivity contribution is 0.387. The zero-order valence-corrected chi connectivity index (χ0v) is 32.2. The van der Waals surface area contributed by atoms with Crippen molar-refractivity contribution in [1.29, 1.82) is 0 Å². The van der Waals surface area contributed by atoms with Gasteiger partial charge in [-0.3, -0.25) is 13.7 Å². The van der Waals surface area contributed by atoms with Gasteiger partial charge in [0.1, 0.15) is 10.6 Å². The fourth-order valence-corrected chi connectivity index (χ4v) is 7.28. The third kappa shape index (κ3) is 9.77. The summed E-state index contributed by atoms with van der Waals surface area (Å²) in [6.07, 6.45) is 0. The highest BCUT2D eigenvalue weighted by molar-refractivity contribution is 7.86. The van der Waals surface area contributed by atoms with Crippen LogP contribution in [-0.4, -0.2) is 62.9 Å². The van der Waals surface area contributed by atoms with E-state index in [0.717, 1.165) is 6.07 Å². The highest BCUT2D eigenvalue weighted by Gasteiger charge is 2.22. The molecule has 0 atom stereocenters. The van der Waals surface area contributed by atoms with Crippen molar-refractivity contribution in [2.75, 3.05) is 17.7 Å². The summed E-state index contributed by atoms with van der Waals surface area (Å²) in [4.78, 5) is 29.6. The number of hydrogen-bond acceptors (Lipinski definition) is 16. The number of aryl methyl sites for hydroxylation is 2. The number of hydrogen-bond donors (Lipinski definition) is 7. The Labute approximate surface area is 323 Å². The van der Waals surface area contributed by atoms with Crippen LogP contribution in [0.25, 0.3) is 10.8 Å². The molecule has 0 amide bonds. The Bertz CT molecular complexity index is 2910. The first-order valence-corrected chi connectivity index (χ1v) is 20.6. The minimum absolute atomic E-state index is 0.0286. The minimum atomic E-state index is -4.91. The summed E-state index contributed by atoms with van der Waals surface area (Å²) in [5.74, 6) is 0.222. The second-order valence-electron chi connectivity index (χ2n) is 12.1. The third-order valence-electron chi connectivity index (χ3n) is 8.00. The normalized spacial score (nSPS) is 12.4. The fraction of sp³-hybridized carbons (Fsp3) is 0.0882. The molecule has 5 aromatic carbocycles. The molecule has 0 fully saturated rings. The Morgan fingerprint density at radius 1 is 0.684 bits per heavy atom. The number of azo groups is 2. The molecule has 7 N–H and O–H groups in total. The molecule has 1 heterocycles. The molecule has 6 rings (SSSR count). The maximum Gasteiger partial charge on any atom is 0.356 e. The summed E-state index contributed by atoms with van der Waals surface area (Å²) in [6, 6.07) is 19.2. The van der Waals surface area contributed by atoms with Crippen LogP contribution < -0.4 is 20.7 Å². The summed E-state index contributed by atoms with van der Waals surface area (Å²) in [5, 5.41) is 32.8. The van der Waals surface area contributed by atoms with Gasteiger partial charge in [0.05, 0.1) is 45.7 Å². The van der Waals surface area contributed by atoms with Crippen LogP contribution in [0.3, 0.4) is 0 Å². The Morgan fingerprint density at radius 2 is 1.37 bits per heavy atom. The van der Waals surface area contributed by atoms with Gasteiger partial charge in [-0.25, -0.2) is 0 Å². The first-order valence-electron chi connectivity index (χ1n) is 16.1. The lowest BCUT2D eigenvalue weighted by Crippen LogP contribution is -2.04. The third-order valence-corrected chi connectivity index (χ3v) is 10.7. The molecule has 0 bridgehead atoms. The maximum atomic E-state index is 12.1. The number of nitrogens with one attached hydrogen (secondary N) is 2. The van der Waals surface area contributed by atoms with Crippen molar-refractivity contribution in [3.05, 3.63) is 96.1 Å². The van der Waals surface area contributed by atoms with Gasteiger partial charge >= 0.3 is 13.6 Å². The van der Waals surface area contributed by atoms with Crippen molar-refractivity contribution in [2.45, 2.75) is 23.6 Å². The number of anilines is 4.